The maximum absolute atomic E-state index is 12.5. The highest BCUT2D eigenvalue weighted by atomic mass is 16.5. The summed E-state index contributed by atoms with van der Waals surface area (Å²) in [5.41, 5.74) is 1.49. The Morgan fingerprint density at radius 1 is 0.846 bits per heavy atom. The average Bonchev–Trinajstić information content (AvgIpc) is 2.68. The van der Waals surface area contributed by atoms with E-state index in [4.69, 9.17) is 4.74 Å². The molecule has 0 spiro atoms. The van der Waals surface area contributed by atoms with Crippen LogP contribution in [0.2, 0.25) is 0 Å². The molecule has 1 amide bonds. The number of nitrogens with one attached hydrogen (secondary N) is 1. The monoisotopic (exact) mass is 347 g/mol. The minimum atomic E-state index is -1.14. The smallest absolute Gasteiger partial charge is 0.337 e. The minimum Gasteiger partial charge on any atom is -0.487 e. The van der Waals surface area contributed by atoms with Gasteiger partial charge in [-0.05, 0) is 29.8 Å². The molecule has 0 bridgehead atoms. The van der Waals surface area contributed by atoms with Crippen molar-refractivity contribution in [2.75, 3.05) is 5.32 Å². The third kappa shape index (κ3) is 4.08. The molecule has 0 aliphatic rings. The Bertz CT molecular complexity index is 908. The predicted molar refractivity (Wildman–Crippen MR) is 98.6 cm³/mol. The van der Waals surface area contributed by atoms with Gasteiger partial charge in [0.25, 0.3) is 5.91 Å². The molecular formula is C21H17NO4. The van der Waals surface area contributed by atoms with Crippen molar-refractivity contribution in [3.63, 3.8) is 0 Å². The molecular weight excluding hydrogens is 330 g/mol. The molecule has 0 aliphatic carbocycles. The molecule has 3 aromatic carbocycles. The summed E-state index contributed by atoms with van der Waals surface area (Å²) in [6.07, 6.45) is 0. The second kappa shape index (κ2) is 7.98. The molecule has 0 aliphatic heterocycles. The fraction of sp³-hybridized carbons (Fsp3) is 0.0476. The number of amides is 1. The molecule has 0 saturated carbocycles. The van der Waals surface area contributed by atoms with Crippen molar-refractivity contribution in [3.05, 3.63) is 95.6 Å². The van der Waals surface area contributed by atoms with Gasteiger partial charge in [-0.2, -0.15) is 0 Å². The largest absolute Gasteiger partial charge is 0.487 e. The molecule has 2 N–H and O–H groups in total. The SMILES string of the molecule is O=C(Nc1c(OCc2ccccc2)cccc1C(=O)O)c1ccccc1. The number of carbonyl (C=O) groups excluding carboxylic acids is 1. The number of hydrogen-bond acceptors (Lipinski definition) is 3. The van der Waals surface area contributed by atoms with Crippen molar-refractivity contribution in [1.29, 1.82) is 0 Å². The van der Waals surface area contributed by atoms with Crippen molar-refractivity contribution in [1.82, 2.24) is 0 Å². The summed E-state index contributed by atoms with van der Waals surface area (Å²) in [6.45, 7) is 0.262. The predicted octanol–water partition coefficient (Wildman–Crippen LogP) is 4.22. The van der Waals surface area contributed by atoms with Gasteiger partial charge in [-0.3, -0.25) is 4.79 Å². The third-order valence-corrected chi connectivity index (χ3v) is 3.77. The number of rotatable bonds is 6. The number of hydrogen-bond donors (Lipinski definition) is 2. The Labute approximate surface area is 150 Å². The summed E-state index contributed by atoms with van der Waals surface area (Å²) < 4.78 is 5.77. The lowest BCUT2D eigenvalue weighted by Gasteiger charge is -2.15. The van der Waals surface area contributed by atoms with E-state index in [2.05, 4.69) is 5.32 Å². The van der Waals surface area contributed by atoms with Gasteiger partial charge in [0, 0.05) is 5.56 Å². The topological polar surface area (TPSA) is 75.6 Å². The average molecular weight is 347 g/mol. The van der Waals surface area contributed by atoms with Crippen LogP contribution in [0.5, 0.6) is 5.75 Å². The zero-order valence-corrected chi connectivity index (χ0v) is 13.9. The molecule has 0 unspecified atom stereocenters. The Balaban J connectivity index is 1.88. The zero-order valence-electron chi connectivity index (χ0n) is 13.9. The van der Waals surface area contributed by atoms with Crippen molar-refractivity contribution in [3.8, 4) is 5.75 Å². The van der Waals surface area contributed by atoms with Gasteiger partial charge >= 0.3 is 5.97 Å². The lowest BCUT2D eigenvalue weighted by atomic mass is 10.1. The molecule has 26 heavy (non-hydrogen) atoms. The number of anilines is 1. The molecule has 130 valence electrons. The van der Waals surface area contributed by atoms with Gasteiger partial charge < -0.3 is 15.2 Å². The Morgan fingerprint density at radius 3 is 2.15 bits per heavy atom. The quantitative estimate of drug-likeness (QED) is 0.700. The minimum absolute atomic E-state index is 0.0279. The lowest BCUT2D eigenvalue weighted by Crippen LogP contribution is -2.16. The number of para-hydroxylation sites is 1. The van der Waals surface area contributed by atoms with Gasteiger partial charge in [-0.15, -0.1) is 0 Å². The highest BCUT2D eigenvalue weighted by Gasteiger charge is 2.18. The van der Waals surface area contributed by atoms with Crippen LogP contribution in [0.25, 0.3) is 0 Å². The first-order valence-electron chi connectivity index (χ1n) is 8.04. The number of aromatic carboxylic acids is 1. The summed E-state index contributed by atoms with van der Waals surface area (Å²) in [6, 6.07) is 22.7. The zero-order chi connectivity index (χ0) is 18.4. The Morgan fingerprint density at radius 2 is 1.50 bits per heavy atom. The van der Waals surface area contributed by atoms with Crippen LogP contribution in [0.4, 0.5) is 5.69 Å². The van der Waals surface area contributed by atoms with Crippen LogP contribution in [-0.4, -0.2) is 17.0 Å². The van der Waals surface area contributed by atoms with E-state index in [-0.39, 0.29) is 17.9 Å². The van der Waals surface area contributed by atoms with Crippen LogP contribution in [0.3, 0.4) is 0 Å². The van der Waals surface area contributed by atoms with Crippen LogP contribution in [0.15, 0.2) is 78.9 Å². The van der Waals surface area contributed by atoms with Crippen molar-refractivity contribution in [2.24, 2.45) is 0 Å². The first-order valence-corrected chi connectivity index (χ1v) is 8.04. The van der Waals surface area contributed by atoms with E-state index in [0.717, 1.165) is 5.56 Å². The first-order chi connectivity index (χ1) is 12.6. The van der Waals surface area contributed by atoms with Gasteiger partial charge in [0.1, 0.15) is 12.4 Å². The van der Waals surface area contributed by atoms with Gasteiger partial charge in [-0.1, -0.05) is 54.6 Å². The Hall–Kier alpha value is -3.60. The maximum Gasteiger partial charge on any atom is 0.337 e. The molecule has 3 aromatic rings. The number of benzene rings is 3. The highest BCUT2D eigenvalue weighted by molar-refractivity contribution is 6.08. The van der Waals surface area contributed by atoms with E-state index in [1.54, 1.807) is 42.5 Å². The molecule has 0 atom stereocenters. The normalized spacial score (nSPS) is 10.2. The summed E-state index contributed by atoms with van der Waals surface area (Å²) in [5, 5.41) is 12.1. The van der Waals surface area contributed by atoms with Crippen molar-refractivity contribution < 1.29 is 19.4 Å². The molecule has 0 saturated heterocycles. The summed E-state index contributed by atoms with van der Waals surface area (Å²) >= 11 is 0. The van der Waals surface area contributed by atoms with Gasteiger partial charge in [0.2, 0.25) is 0 Å². The lowest BCUT2D eigenvalue weighted by molar-refractivity contribution is 0.0697. The van der Waals surface area contributed by atoms with Crippen molar-refractivity contribution >= 4 is 17.6 Å². The van der Waals surface area contributed by atoms with Crippen LogP contribution in [0, 0.1) is 0 Å². The first kappa shape index (κ1) is 17.2. The molecule has 0 fully saturated rings. The summed E-state index contributed by atoms with van der Waals surface area (Å²) in [5.74, 6) is -1.24. The van der Waals surface area contributed by atoms with Gasteiger partial charge in [0.05, 0.1) is 11.3 Å². The van der Waals surface area contributed by atoms with E-state index in [1.807, 2.05) is 30.3 Å². The second-order valence-corrected chi connectivity index (χ2v) is 5.58. The molecule has 0 aromatic heterocycles. The fourth-order valence-corrected chi connectivity index (χ4v) is 2.47. The van der Waals surface area contributed by atoms with Crippen LogP contribution < -0.4 is 10.1 Å². The fourth-order valence-electron chi connectivity index (χ4n) is 2.47. The number of carboxylic acids is 1. The van der Waals surface area contributed by atoms with Crippen LogP contribution >= 0.6 is 0 Å². The number of carbonyl (C=O) groups is 2. The van der Waals surface area contributed by atoms with Crippen molar-refractivity contribution in [2.45, 2.75) is 6.61 Å². The molecule has 0 heterocycles. The van der Waals surface area contributed by atoms with E-state index < -0.39 is 11.9 Å². The molecule has 0 radical (unpaired) electrons. The number of ether oxygens (including phenoxy) is 1. The van der Waals surface area contributed by atoms with Crippen LogP contribution in [0.1, 0.15) is 26.3 Å². The molecule has 5 heteroatoms. The Kier molecular flexibility index (Phi) is 5.29. The standard InChI is InChI=1S/C21H17NO4/c23-20(16-10-5-2-6-11-16)22-19-17(21(24)25)12-7-13-18(19)26-14-15-8-3-1-4-9-15/h1-13H,14H2,(H,22,23)(H,24,25). The number of carboxylic acid groups (broad SMARTS) is 1. The van der Waals surface area contributed by atoms with E-state index in [1.165, 1.54) is 6.07 Å². The van der Waals surface area contributed by atoms with E-state index >= 15 is 0 Å². The maximum atomic E-state index is 12.5. The molecule has 5 nitrogen and oxygen atoms in total. The highest BCUT2D eigenvalue weighted by Crippen LogP contribution is 2.30. The van der Waals surface area contributed by atoms with E-state index in [9.17, 15) is 14.7 Å². The third-order valence-electron chi connectivity index (χ3n) is 3.77. The summed E-state index contributed by atoms with van der Waals surface area (Å²) in [4.78, 5) is 24.0. The summed E-state index contributed by atoms with van der Waals surface area (Å²) in [7, 11) is 0. The van der Waals surface area contributed by atoms with Gasteiger partial charge in [-0.25, -0.2) is 4.79 Å². The molecule has 3 rings (SSSR count). The second-order valence-electron chi connectivity index (χ2n) is 5.58. The van der Waals surface area contributed by atoms with Crippen LogP contribution in [-0.2, 0) is 6.61 Å². The van der Waals surface area contributed by atoms with Gasteiger partial charge in [0.15, 0.2) is 0 Å². The van der Waals surface area contributed by atoms with E-state index in [0.29, 0.717) is 11.3 Å².